The first-order valence-electron chi connectivity index (χ1n) is 6.78. The van der Waals surface area contributed by atoms with Crippen LogP contribution in [-0.2, 0) is 16.1 Å². The van der Waals surface area contributed by atoms with Crippen LogP contribution in [0, 0.1) is 0 Å². The van der Waals surface area contributed by atoms with Gasteiger partial charge in [-0.2, -0.15) is 0 Å². The van der Waals surface area contributed by atoms with E-state index in [9.17, 15) is 4.79 Å². The molecule has 118 valence electrons. The number of likely N-dealkylation sites (N-methyl/N-ethyl adjacent to an activating group) is 1. The van der Waals surface area contributed by atoms with E-state index in [1.165, 1.54) is 4.90 Å². The van der Waals surface area contributed by atoms with E-state index < -0.39 is 0 Å². The van der Waals surface area contributed by atoms with Gasteiger partial charge in [0.15, 0.2) is 6.61 Å². The van der Waals surface area contributed by atoms with Crippen LogP contribution in [0.2, 0.25) is 0 Å². The van der Waals surface area contributed by atoms with Crippen molar-refractivity contribution in [1.29, 1.82) is 0 Å². The number of carbonyl (C=O) groups excluding carboxylic acids is 1. The number of nitrogens with one attached hydrogen (secondary N) is 1. The maximum Gasteiger partial charge on any atom is 0.259 e. The summed E-state index contributed by atoms with van der Waals surface area (Å²) < 4.78 is 15.8. The van der Waals surface area contributed by atoms with Crippen LogP contribution in [0.3, 0.4) is 0 Å². The lowest BCUT2D eigenvalue weighted by molar-refractivity contribution is -0.130. The highest BCUT2D eigenvalue weighted by Crippen LogP contribution is 2.24. The molecular weight excluding hydrogens is 272 g/mol. The van der Waals surface area contributed by atoms with Gasteiger partial charge in [-0.3, -0.25) is 4.79 Å². The minimum absolute atomic E-state index is 0.00520. The molecule has 1 N–H and O–H groups in total. The smallest absolute Gasteiger partial charge is 0.259 e. The zero-order valence-electron chi connectivity index (χ0n) is 13.1. The molecule has 0 saturated heterocycles. The second-order valence-electron chi connectivity index (χ2n) is 4.72. The van der Waals surface area contributed by atoms with Gasteiger partial charge >= 0.3 is 0 Å². The Labute approximate surface area is 126 Å². The van der Waals surface area contributed by atoms with E-state index in [1.807, 2.05) is 12.1 Å². The van der Waals surface area contributed by atoms with E-state index >= 15 is 0 Å². The Morgan fingerprint density at radius 2 is 2.05 bits per heavy atom. The highest BCUT2D eigenvalue weighted by atomic mass is 16.5. The van der Waals surface area contributed by atoms with Crippen LogP contribution in [-0.4, -0.2) is 58.9 Å². The van der Waals surface area contributed by atoms with Gasteiger partial charge in [0.25, 0.3) is 5.91 Å². The van der Waals surface area contributed by atoms with Gasteiger partial charge in [-0.15, -0.1) is 0 Å². The van der Waals surface area contributed by atoms with Crippen molar-refractivity contribution in [3.8, 4) is 11.5 Å². The normalized spacial score (nSPS) is 10.3. The Morgan fingerprint density at radius 3 is 2.67 bits per heavy atom. The SMILES string of the molecule is COCCNCc1ccc(OC)cc1OCC(=O)N(C)C. The summed E-state index contributed by atoms with van der Waals surface area (Å²) in [5.74, 6) is 1.26. The van der Waals surface area contributed by atoms with Crippen molar-refractivity contribution in [2.75, 3.05) is 48.1 Å². The summed E-state index contributed by atoms with van der Waals surface area (Å²) in [6.07, 6.45) is 0. The summed E-state index contributed by atoms with van der Waals surface area (Å²) in [5.41, 5.74) is 0.971. The second-order valence-corrected chi connectivity index (χ2v) is 4.72. The minimum Gasteiger partial charge on any atom is -0.497 e. The van der Waals surface area contributed by atoms with E-state index in [1.54, 1.807) is 34.4 Å². The van der Waals surface area contributed by atoms with Crippen LogP contribution in [0.15, 0.2) is 18.2 Å². The van der Waals surface area contributed by atoms with Crippen molar-refractivity contribution in [3.05, 3.63) is 23.8 Å². The molecule has 0 aliphatic carbocycles. The molecule has 0 unspecified atom stereocenters. The molecule has 1 amide bonds. The first-order valence-corrected chi connectivity index (χ1v) is 6.78. The largest absolute Gasteiger partial charge is 0.497 e. The third-order valence-electron chi connectivity index (χ3n) is 2.92. The number of benzene rings is 1. The molecule has 21 heavy (non-hydrogen) atoms. The molecule has 1 rings (SSSR count). The van der Waals surface area contributed by atoms with Crippen LogP contribution in [0.5, 0.6) is 11.5 Å². The lowest BCUT2D eigenvalue weighted by Crippen LogP contribution is -2.28. The molecule has 0 bridgehead atoms. The molecule has 0 radical (unpaired) electrons. The number of methoxy groups -OCH3 is 2. The Balaban J connectivity index is 2.69. The Bertz CT molecular complexity index is 449. The minimum atomic E-state index is -0.0869. The average molecular weight is 296 g/mol. The van der Waals surface area contributed by atoms with Gasteiger partial charge in [0.05, 0.1) is 13.7 Å². The Hall–Kier alpha value is -1.79. The summed E-state index contributed by atoms with van der Waals surface area (Å²) in [5, 5.41) is 3.25. The third kappa shape index (κ3) is 6.01. The number of rotatable bonds is 9. The predicted molar refractivity (Wildman–Crippen MR) is 80.8 cm³/mol. The molecule has 6 heteroatoms. The van der Waals surface area contributed by atoms with Gasteiger partial charge in [0.1, 0.15) is 11.5 Å². The molecule has 0 spiro atoms. The fourth-order valence-electron chi connectivity index (χ4n) is 1.61. The number of amides is 1. The topological polar surface area (TPSA) is 60.0 Å². The molecule has 1 aromatic rings. The van der Waals surface area contributed by atoms with Crippen molar-refractivity contribution in [1.82, 2.24) is 10.2 Å². The summed E-state index contributed by atoms with van der Waals surface area (Å²) in [4.78, 5) is 13.1. The molecule has 0 aliphatic heterocycles. The summed E-state index contributed by atoms with van der Waals surface area (Å²) in [6.45, 7) is 2.04. The van der Waals surface area contributed by atoms with E-state index in [4.69, 9.17) is 14.2 Å². The summed E-state index contributed by atoms with van der Waals surface area (Å²) in [6, 6.07) is 5.58. The van der Waals surface area contributed by atoms with Gasteiger partial charge < -0.3 is 24.4 Å². The van der Waals surface area contributed by atoms with Crippen LogP contribution in [0.25, 0.3) is 0 Å². The Kier molecular flexibility index (Phi) is 7.56. The number of carbonyl (C=O) groups is 1. The van der Waals surface area contributed by atoms with Gasteiger partial charge in [-0.25, -0.2) is 0 Å². The van der Waals surface area contributed by atoms with Gasteiger partial charge in [-0.05, 0) is 6.07 Å². The Morgan fingerprint density at radius 1 is 1.29 bits per heavy atom. The molecule has 0 fully saturated rings. The molecular formula is C15H24N2O4. The highest BCUT2D eigenvalue weighted by molar-refractivity contribution is 5.77. The molecule has 1 aromatic carbocycles. The first-order chi connectivity index (χ1) is 10.1. The zero-order chi connectivity index (χ0) is 15.7. The highest BCUT2D eigenvalue weighted by Gasteiger charge is 2.09. The first kappa shape index (κ1) is 17.3. The molecule has 0 heterocycles. The fourth-order valence-corrected chi connectivity index (χ4v) is 1.61. The van der Waals surface area contributed by atoms with Gasteiger partial charge in [0, 0.05) is 45.9 Å². The van der Waals surface area contributed by atoms with E-state index in [0.717, 1.165) is 12.1 Å². The van der Waals surface area contributed by atoms with E-state index in [2.05, 4.69) is 5.32 Å². The predicted octanol–water partition coefficient (Wildman–Crippen LogP) is 0.898. The van der Waals surface area contributed by atoms with Crippen LogP contribution in [0.1, 0.15) is 5.56 Å². The van der Waals surface area contributed by atoms with Crippen LogP contribution >= 0.6 is 0 Å². The molecule has 0 aromatic heterocycles. The van der Waals surface area contributed by atoms with Crippen molar-refractivity contribution in [2.24, 2.45) is 0 Å². The zero-order valence-corrected chi connectivity index (χ0v) is 13.1. The third-order valence-corrected chi connectivity index (χ3v) is 2.92. The number of nitrogens with zero attached hydrogens (tertiary/aromatic N) is 1. The van der Waals surface area contributed by atoms with Gasteiger partial charge in [0.2, 0.25) is 0 Å². The molecule has 0 atom stereocenters. The number of hydrogen-bond acceptors (Lipinski definition) is 5. The van der Waals surface area contributed by atoms with Crippen LogP contribution in [0.4, 0.5) is 0 Å². The van der Waals surface area contributed by atoms with Gasteiger partial charge in [-0.1, -0.05) is 6.07 Å². The molecule has 6 nitrogen and oxygen atoms in total. The fraction of sp³-hybridized carbons (Fsp3) is 0.533. The lowest BCUT2D eigenvalue weighted by atomic mass is 10.2. The summed E-state index contributed by atoms with van der Waals surface area (Å²) in [7, 11) is 6.66. The number of hydrogen-bond donors (Lipinski definition) is 1. The van der Waals surface area contributed by atoms with Crippen molar-refractivity contribution < 1.29 is 19.0 Å². The maximum atomic E-state index is 11.6. The average Bonchev–Trinajstić information content (AvgIpc) is 2.49. The van der Waals surface area contributed by atoms with Crippen molar-refractivity contribution in [2.45, 2.75) is 6.54 Å². The van der Waals surface area contributed by atoms with E-state index in [0.29, 0.717) is 24.7 Å². The van der Waals surface area contributed by atoms with Crippen molar-refractivity contribution in [3.63, 3.8) is 0 Å². The second kappa shape index (κ2) is 9.20. The maximum absolute atomic E-state index is 11.6. The monoisotopic (exact) mass is 296 g/mol. The van der Waals surface area contributed by atoms with Crippen molar-refractivity contribution >= 4 is 5.91 Å². The lowest BCUT2D eigenvalue weighted by Gasteiger charge is -2.15. The van der Waals surface area contributed by atoms with Crippen LogP contribution < -0.4 is 14.8 Å². The molecule has 0 saturated carbocycles. The quantitative estimate of drug-likeness (QED) is 0.686. The van der Waals surface area contributed by atoms with E-state index in [-0.39, 0.29) is 12.5 Å². The summed E-state index contributed by atoms with van der Waals surface area (Å²) >= 11 is 0. The molecule has 0 aliphatic rings. The standard InChI is InChI=1S/C15H24N2O4/c1-17(2)15(18)11-21-14-9-13(20-4)6-5-12(14)10-16-7-8-19-3/h5-6,9,16H,7-8,10-11H2,1-4H3. The number of ether oxygens (including phenoxy) is 3.